The van der Waals surface area contributed by atoms with E-state index in [2.05, 4.69) is 30.2 Å². The molecule has 9 nitrogen and oxygen atoms in total. The van der Waals surface area contributed by atoms with Crippen LogP contribution >= 0.6 is 0 Å². The lowest BCUT2D eigenvalue weighted by Gasteiger charge is -2.14. The van der Waals surface area contributed by atoms with Gasteiger partial charge in [-0.15, -0.1) is 13.2 Å². The topological polar surface area (TPSA) is 122 Å². The molecule has 0 radical (unpaired) electrons. The molecular weight excluding hydrogens is 617 g/mol. The number of alkyl halides is 3. The average Bonchev–Trinajstić information content (AvgIpc) is 3.56. The smallest absolute Gasteiger partial charge is 0.404 e. The highest BCUT2D eigenvalue weighted by molar-refractivity contribution is 6.27. The maximum Gasteiger partial charge on any atom is 0.573 e. The minimum Gasteiger partial charge on any atom is -0.404 e. The zero-order valence-corrected chi connectivity index (χ0v) is 24.2. The van der Waals surface area contributed by atoms with Crippen LogP contribution in [-0.2, 0) is 0 Å². The molecule has 0 spiro atoms. The Labute approximate surface area is 271 Å². The van der Waals surface area contributed by atoms with Crippen LogP contribution in [0.1, 0.15) is 44.5 Å². The van der Waals surface area contributed by atoms with Crippen molar-refractivity contribution in [1.29, 1.82) is 21.0 Å². The maximum atomic E-state index is 13.2. The summed E-state index contributed by atoms with van der Waals surface area (Å²) in [5.41, 5.74) is 0.572. The summed E-state index contributed by atoms with van der Waals surface area (Å²) in [5.74, 6) is -0.875. The van der Waals surface area contributed by atoms with E-state index in [-0.39, 0.29) is 61.6 Å². The van der Waals surface area contributed by atoms with Gasteiger partial charge in [-0.3, -0.25) is 0 Å². The third-order valence-corrected chi connectivity index (χ3v) is 7.54. The van der Waals surface area contributed by atoms with Crippen molar-refractivity contribution in [3.8, 4) is 30.0 Å². The van der Waals surface area contributed by atoms with Gasteiger partial charge in [0.1, 0.15) is 17.9 Å². The van der Waals surface area contributed by atoms with Crippen molar-refractivity contribution >= 4 is 39.2 Å². The summed E-state index contributed by atoms with van der Waals surface area (Å²) >= 11 is 0. The van der Waals surface area contributed by atoms with Gasteiger partial charge in [0, 0.05) is 5.57 Å². The molecule has 5 rings (SSSR count). The second kappa shape index (κ2) is 11.9. The van der Waals surface area contributed by atoms with E-state index >= 15 is 0 Å². The molecule has 0 aliphatic heterocycles. The van der Waals surface area contributed by atoms with Gasteiger partial charge in [0.15, 0.2) is 5.69 Å². The van der Waals surface area contributed by atoms with Gasteiger partial charge in [-0.05, 0) is 86.9 Å². The molecule has 2 aliphatic rings. The summed E-state index contributed by atoms with van der Waals surface area (Å²) in [4.78, 5) is 13.7. The lowest BCUT2D eigenvalue weighted by Crippen LogP contribution is -2.18. The van der Waals surface area contributed by atoms with Crippen molar-refractivity contribution in [3.05, 3.63) is 150 Å². The van der Waals surface area contributed by atoms with Crippen molar-refractivity contribution < 1.29 is 17.9 Å². The quantitative estimate of drug-likeness (QED) is 0.212. The molecule has 0 fully saturated rings. The predicted octanol–water partition coefficient (Wildman–Crippen LogP) is 8.87. The molecular formula is C36H11F3N8O. The third kappa shape index (κ3) is 4.94. The number of benzene rings is 3. The molecule has 0 N–H and O–H groups in total. The van der Waals surface area contributed by atoms with Crippen LogP contribution in [0.5, 0.6) is 5.75 Å². The number of ether oxygens (including phenoxy) is 1. The Balaban J connectivity index is 1.85. The van der Waals surface area contributed by atoms with Crippen molar-refractivity contribution in [3.63, 3.8) is 0 Å². The molecule has 222 valence electrons. The number of hydrogen-bond donors (Lipinski definition) is 0. The molecule has 2 aliphatic carbocycles. The number of nitrogens with zero attached hydrogens (tertiary/aromatic N) is 8. The predicted molar refractivity (Wildman–Crippen MR) is 166 cm³/mol. The fourth-order valence-corrected chi connectivity index (χ4v) is 5.69. The normalized spacial score (nSPS) is 14.8. The summed E-state index contributed by atoms with van der Waals surface area (Å²) in [6.07, 6.45) is -5.16. The zero-order chi connectivity index (χ0) is 34.9. The van der Waals surface area contributed by atoms with Crippen LogP contribution in [-0.4, -0.2) is 6.36 Å². The molecule has 0 saturated heterocycles. The first kappa shape index (κ1) is 31.6. The Morgan fingerprint density at radius 3 is 1.85 bits per heavy atom. The van der Waals surface area contributed by atoms with Gasteiger partial charge in [0.05, 0.1) is 49.6 Å². The summed E-state index contributed by atoms with van der Waals surface area (Å²) in [6, 6.07) is 18.5. The Morgan fingerprint density at radius 1 is 0.729 bits per heavy atom. The highest BCUT2D eigenvalue weighted by Crippen LogP contribution is 2.53. The minimum atomic E-state index is -5.16. The standard InChI is InChI=1S/C36H11F3N8O/c1-18-9-22-24(12-27(18)44-2)33(28(16-42)45-3)31(26(22)15-41)19-7-6-8-20(10-19)32-34(29(17-43)46-4)23-11-21(14-40)30(48-36(37,38)39)13-25(23)35(32)47-5/h6-13H,1H3/b33-28+,34-29-. The second-order valence-electron chi connectivity index (χ2n) is 10.0. The average molecular weight is 629 g/mol. The summed E-state index contributed by atoms with van der Waals surface area (Å²) in [7, 11) is 0. The molecule has 3 aromatic carbocycles. The number of nitriles is 4. The molecule has 0 heterocycles. The third-order valence-electron chi connectivity index (χ3n) is 7.54. The highest BCUT2D eigenvalue weighted by Gasteiger charge is 2.37. The van der Waals surface area contributed by atoms with E-state index < -0.39 is 23.4 Å². The van der Waals surface area contributed by atoms with Crippen LogP contribution in [0.4, 0.5) is 18.9 Å². The number of halogens is 3. The van der Waals surface area contributed by atoms with E-state index in [1.807, 2.05) is 6.07 Å². The first-order chi connectivity index (χ1) is 23.0. The Bertz CT molecular complexity index is 2480. The molecule has 48 heavy (non-hydrogen) atoms. The lowest BCUT2D eigenvalue weighted by atomic mass is 9.90. The van der Waals surface area contributed by atoms with Crippen LogP contribution < -0.4 is 4.74 Å². The van der Waals surface area contributed by atoms with E-state index in [0.29, 0.717) is 22.3 Å². The lowest BCUT2D eigenvalue weighted by molar-refractivity contribution is -0.274. The number of hydrogen-bond acceptors (Lipinski definition) is 5. The van der Waals surface area contributed by atoms with Gasteiger partial charge < -0.3 is 4.74 Å². The fourth-order valence-electron chi connectivity index (χ4n) is 5.69. The Kier molecular flexibility index (Phi) is 7.83. The largest absolute Gasteiger partial charge is 0.573 e. The second-order valence-corrected chi connectivity index (χ2v) is 10.0. The fraction of sp³-hybridized carbons (Fsp3) is 0.0556. The van der Waals surface area contributed by atoms with Crippen LogP contribution in [0.2, 0.25) is 0 Å². The van der Waals surface area contributed by atoms with Crippen molar-refractivity contribution in [2.24, 2.45) is 0 Å². The molecule has 0 atom stereocenters. The summed E-state index contributed by atoms with van der Waals surface area (Å²) < 4.78 is 43.7. The first-order valence-corrected chi connectivity index (χ1v) is 13.3. The summed E-state index contributed by atoms with van der Waals surface area (Å²) in [6.45, 7) is 32.5. The van der Waals surface area contributed by atoms with Gasteiger partial charge >= 0.3 is 6.36 Å². The Hall–Kier alpha value is -7.87. The van der Waals surface area contributed by atoms with Crippen molar-refractivity contribution in [2.45, 2.75) is 13.3 Å². The molecule has 0 amide bonds. The molecule has 0 aromatic heterocycles. The highest BCUT2D eigenvalue weighted by atomic mass is 19.4. The monoisotopic (exact) mass is 628 g/mol. The van der Waals surface area contributed by atoms with Gasteiger partial charge in [-0.1, -0.05) is 24.3 Å². The molecule has 12 heteroatoms. The van der Waals surface area contributed by atoms with E-state index in [1.54, 1.807) is 31.2 Å². The van der Waals surface area contributed by atoms with Crippen molar-refractivity contribution in [1.82, 2.24) is 0 Å². The first-order valence-electron chi connectivity index (χ1n) is 13.3. The van der Waals surface area contributed by atoms with E-state index in [0.717, 1.165) is 12.1 Å². The van der Waals surface area contributed by atoms with Gasteiger partial charge in [-0.25, -0.2) is 29.9 Å². The van der Waals surface area contributed by atoms with Gasteiger partial charge in [0.2, 0.25) is 5.70 Å². The number of allylic oxidation sites excluding steroid dienone is 7. The number of rotatable bonds is 3. The van der Waals surface area contributed by atoms with E-state index in [1.165, 1.54) is 24.3 Å². The number of aryl methyl sites for hydroxylation is 1. The van der Waals surface area contributed by atoms with Crippen LogP contribution in [0.15, 0.2) is 59.9 Å². The van der Waals surface area contributed by atoms with Gasteiger partial charge in [0.25, 0.3) is 11.4 Å². The minimum absolute atomic E-state index is 0.000538. The zero-order valence-electron chi connectivity index (χ0n) is 24.2. The van der Waals surface area contributed by atoms with E-state index in [9.17, 15) is 34.2 Å². The maximum absolute atomic E-state index is 13.2. The van der Waals surface area contributed by atoms with E-state index in [4.69, 9.17) is 26.3 Å². The van der Waals surface area contributed by atoms with Crippen LogP contribution in [0.25, 0.3) is 52.9 Å². The van der Waals surface area contributed by atoms with Crippen LogP contribution in [0, 0.1) is 78.5 Å². The number of fused-ring (bicyclic) bond motifs is 2. The van der Waals surface area contributed by atoms with Crippen molar-refractivity contribution in [2.75, 3.05) is 0 Å². The molecule has 0 unspecified atom stereocenters. The SMILES string of the molecule is [C-]#[N+]C1=C(c2cccc(C3=C(C#N)c4cc(C)c([N+]#[C-])cc4/C3=C(/C#N)[N+]#[C-])c2)/C(=C(/C#N)[N+]#[C-])c2cc(C#N)c(OC(F)(F)F)cc21. The van der Waals surface area contributed by atoms with Crippen LogP contribution in [0.3, 0.4) is 0 Å². The molecule has 0 bridgehead atoms. The Morgan fingerprint density at radius 2 is 1.33 bits per heavy atom. The molecule has 3 aromatic rings. The summed E-state index contributed by atoms with van der Waals surface area (Å²) in [5, 5.41) is 39.7. The van der Waals surface area contributed by atoms with Gasteiger partial charge in [-0.2, -0.15) is 10.5 Å². The molecule has 0 saturated carbocycles.